The van der Waals surface area contributed by atoms with Gasteiger partial charge in [0.2, 0.25) is 0 Å². The Morgan fingerprint density at radius 2 is 2.32 bits per heavy atom. The van der Waals surface area contributed by atoms with E-state index in [1.54, 1.807) is 17.4 Å². The number of carbonyl (C=O) groups excluding carboxylic acids is 1. The monoisotopic (exact) mass is 295 g/mol. The zero-order chi connectivity index (χ0) is 13.4. The van der Waals surface area contributed by atoms with Crippen LogP contribution in [0.3, 0.4) is 0 Å². The third kappa shape index (κ3) is 2.42. The Kier molecular flexibility index (Phi) is 3.37. The third-order valence-corrected chi connectivity index (χ3v) is 4.81. The normalized spacial score (nSPS) is 13.6. The number of rotatable bonds is 3. The van der Waals surface area contributed by atoms with Gasteiger partial charge in [0.1, 0.15) is 5.76 Å². The number of amides is 1. The van der Waals surface area contributed by atoms with Crippen LogP contribution >= 0.6 is 22.9 Å². The first-order valence-corrected chi connectivity index (χ1v) is 7.60. The number of thiophene rings is 1. The number of hydrogen-bond acceptors (Lipinski definition) is 3. The Bertz CT molecular complexity index is 608. The van der Waals surface area contributed by atoms with Crippen molar-refractivity contribution in [1.82, 2.24) is 0 Å². The largest absolute Gasteiger partial charge is 0.456 e. The molecule has 100 valence electrons. The van der Waals surface area contributed by atoms with Crippen LogP contribution in [0, 0.1) is 6.92 Å². The molecule has 0 spiro atoms. The van der Waals surface area contributed by atoms with Gasteiger partial charge >= 0.3 is 0 Å². The molecule has 2 aromatic heterocycles. The van der Waals surface area contributed by atoms with Crippen molar-refractivity contribution in [2.45, 2.75) is 32.1 Å². The maximum absolute atomic E-state index is 12.1. The molecule has 0 aliphatic heterocycles. The number of anilines is 1. The maximum atomic E-state index is 12.1. The fourth-order valence-electron chi connectivity index (χ4n) is 2.33. The lowest BCUT2D eigenvalue weighted by Gasteiger charge is -1.99. The van der Waals surface area contributed by atoms with E-state index in [1.807, 2.05) is 6.92 Å². The van der Waals surface area contributed by atoms with Crippen molar-refractivity contribution in [3.8, 4) is 0 Å². The van der Waals surface area contributed by atoms with Gasteiger partial charge < -0.3 is 9.73 Å². The molecule has 0 aromatic carbocycles. The van der Waals surface area contributed by atoms with Crippen LogP contribution in [0.5, 0.6) is 0 Å². The standard InChI is InChI=1S/C14H14ClNO2S/c1-8-10(7-15)5-11(18-8)14(17)16-13-6-9-3-2-4-12(9)19-13/h5-6H,2-4,7H2,1H3,(H,16,17). The lowest BCUT2D eigenvalue weighted by atomic mass is 10.2. The summed E-state index contributed by atoms with van der Waals surface area (Å²) in [5.41, 5.74) is 2.23. The first kappa shape index (κ1) is 12.8. The highest BCUT2D eigenvalue weighted by Crippen LogP contribution is 2.34. The van der Waals surface area contributed by atoms with E-state index in [2.05, 4.69) is 11.4 Å². The molecule has 19 heavy (non-hydrogen) atoms. The van der Waals surface area contributed by atoms with Crippen molar-refractivity contribution in [2.75, 3.05) is 5.32 Å². The van der Waals surface area contributed by atoms with Gasteiger partial charge in [-0.15, -0.1) is 22.9 Å². The second-order valence-electron chi connectivity index (χ2n) is 4.69. The SMILES string of the molecule is Cc1oc(C(=O)Nc2cc3c(s2)CCC3)cc1CCl. The highest BCUT2D eigenvalue weighted by atomic mass is 35.5. The molecule has 0 saturated carbocycles. The molecule has 0 bridgehead atoms. The predicted molar refractivity (Wildman–Crippen MR) is 77.3 cm³/mol. The maximum Gasteiger partial charge on any atom is 0.291 e. The highest BCUT2D eigenvalue weighted by Gasteiger charge is 2.18. The summed E-state index contributed by atoms with van der Waals surface area (Å²) in [5, 5.41) is 3.79. The number of halogens is 1. The zero-order valence-corrected chi connectivity index (χ0v) is 12.2. The summed E-state index contributed by atoms with van der Waals surface area (Å²) in [6.07, 6.45) is 3.48. The molecule has 2 aromatic rings. The molecular weight excluding hydrogens is 282 g/mol. The van der Waals surface area contributed by atoms with Crippen molar-refractivity contribution in [2.24, 2.45) is 0 Å². The third-order valence-electron chi connectivity index (χ3n) is 3.37. The summed E-state index contributed by atoms with van der Waals surface area (Å²) < 4.78 is 5.43. The quantitative estimate of drug-likeness (QED) is 0.865. The molecule has 1 N–H and O–H groups in total. The van der Waals surface area contributed by atoms with Crippen molar-refractivity contribution in [3.63, 3.8) is 0 Å². The van der Waals surface area contributed by atoms with Crippen molar-refractivity contribution in [1.29, 1.82) is 0 Å². The molecule has 0 saturated heterocycles. The van der Waals surface area contributed by atoms with Gasteiger partial charge in [-0.3, -0.25) is 4.79 Å². The molecule has 1 amide bonds. The van der Waals surface area contributed by atoms with Crippen LogP contribution in [0.15, 0.2) is 16.5 Å². The van der Waals surface area contributed by atoms with Gasteiger partial charge in [0.15, 0.2) is 5.76 Å². The fraction of sp³-hybridized carbons (Fsp3) is 0.357. The molecule has 3 nitrogen and oxygen atoms in total. The average Bonchev–Trinajstić information content (AvgIpc) is 3.02. The number of fused-ring (bicyclic) bond motifs is 1. The van der Waals surface area contributed by atoms with Gasteiger partial charge in [0, 0.05) is 10.4 Å². The van der Waals surface area contributed by atoms with Gasteiger partial charge in [-0.2, -0.15) is 0 Å². The topological polar surface area (TPSA) is 42.2 Å². The number of carbonyl (C=O) groups is 1. The Morgan fingerprint density at radius 1 is 1.47 bits per heavy atom. The van der Waals surface area contributed by atoms with E-state index in [9.17, 15) is 4.79 Å². The summed E-state index contributed by atoms with van der Waals surface area (Å²) in [7, 11) is 0. The number of alkyl halides is 1. The van der Waals surface area contributed by atoms with E-state index in [0.717, 1.165) is 23.4 Å². The van der Waals surface area contributed by atoms with Gasteiger partial charge in [0.25, 0.3) is 5.91 Å². The summed E-state index contributed by atoms with van der Waals surface area (Å²) in [6, 6.07) is 3.78. The molecular formula is C14H14ClNO2S. The summed E-state index contributed by atoms with van der Waals surface area (Å²) in [4.78, 5) is 13.5. The van der Waals surface area contributed by atoms with Crippen LogP contribution in [0.25, 0.3) is 0 Å². The van der Waals surface area contributed by atoms with Crippen LogP contribution < -0.4 is 5.32 Å². The van der Waals surface area contributed by atoms with Crippen molar-refractivity contribution < 1.29 is 9.21 Å². The molecule has 0 radical (unpaired) electrons. The van der Waals surface area contributed by atoms with Gasteiger partial charge in [0.05, 0.1) is 10.9 Å². The minimum absolute atomic E-state index is 0.209. The van der Waals surface area contributed by atoms with E-state index in [-0.39, 0.29) is 5.91 Å². The van der Waals surface area contributed by atoms with E-state index in [4.69, 9.17) is 16.0 Å². The first-order chi connectivity index (χ1) is 9.17. The lowest BCUT2D eigenvalue weighted by molar-refractivity contribution is 0.0996. The van der Waals surface area contributed by atoms with E-state index >= 15 is 0 Å². The van der Waals surface area contributed by atoms with Crippen molar-refractivity contribution in [3.05, 3.63) is 39.7 Å². The predicted octanol–water partition coefficient (Wildman–Crippen LogP) is 4.13. The minimum atomic E-state index is -0.209. The zero-order valence-electron chi connectivity index (χ0n) is 10.6. The molecule has 1 aliphatic rings. The van der Waals surface area contributed by atoms with Crippen LogP contribution in [0.1, 0.15) is 38.7 Å². The van der Waals surface area contributed by atoms with Gasteiger partial charge in [-0.25, -0.2) is 0 Å². The number of nitrogens with one attached hydrogen (secondary N) is 1. The summed E-state index contributed by atoms with van der Waals surface area (Å²) >= 11 is 7.43. The molecule has 0 fully saturated rings. The Balaban J connectivity index is 1.76. The summed E-state index contributed by atoms with van der Waals surface area (Å²) in [6.45, 7) is 1.81. The Morgan fingerprint density at radius 3 is 3.00 bits per heavy atom. The molecule has 5 heteroatoms. The molecule has 3 rings (SSSR count). The number of aryl methyl sites for hydroxylation is 3. The van der Waals surface area contributed by atoms with Gasteiger partial charge in [-0.1, -0.05) is 0 Å². The van der Waals surface area contributed by atoms with Crippen LogP contribution in [0.2, 0.25) is 0 Å². The lowest BCUT2D eigenvalue weighted by Crippen LogP contribution is -2.09. The van der Waals surface area contributed by atoms with Crippen LogP contribution in [0.4, 0.5) is 5.00 Å². The molecule has 1 aliphatic carbocycles. The van der Waals surface area contributed by atoms with E-state index < -0.39 is 0 Å². The fourth-order valence-corrected chi connectivity index (χ4v) is 3.74. The Hall–Kier alpha value is -1.26. The summed E-state index contributed by atoms with van der Waals surface area (Å²) in [5.74, 6) is 1.17. The first-order valence-electron chi connectivity index (χ1n) is 6.25. The van der Waals surface area contributed by atoms with E-state index in [1.165, 1.54) is 16.9 Å². The number of hydrogen-bond donors (Lipinski definition) is 1. The second-order valence-corrected chi connectivity index (χ2v) is 6.10. The van der Waals surface area contributed by atoms with Crippen LogP contribution in [-0.4, -0.2) is 5.91 Å². The highest BCUT2D eigenvalue weighted by molar-refractivity contribution is 7.16. The Labute approximate surface area is 120 Å². The molecule has 2 heterocycles. The molecule has 0 atom stereocenters. The smallest absolute Gasteiger partial charge is 0.291 e. The second kappa shape index (κ2) is 5.02. The van der Waals surface area contributed by atoms with Crippen molar-refractivity contribution >= 4 is 33.8 Å². The van der Waals surface area contributed by atoms with Crippen LogP contribution in [-0.2, 0) is 18.7 Å². The van der Waals surface area contributed by atoms with Gasteiger partial charge in [-0.05, 0) is 43.9 Å². The molecule has 0 unspecified atom stereocenters. The minimum Gasteiger partial charge on any atom is -0.456 e. The average molecular weight is 296 g/mol. The number of furan rings is 1. The van der Waals surface area contributed by atoms with E-state index in [0.29, 0.717) is 17.4 Å².